The van der Waals surface area contributed by atoms with Gasteiger partial charge in [-0.25, -0.2) is 4.39 Å². The van der Waals surface area contributed by atoms with E-state index in [1.54, 1.807) is 24.0 Å². The number of hydrogen-bond donors (Lipinski definition) is 0. The summed E-state index contributed by atoms with van der Waals surface area (Å²) in [5.41, 5.74) is 1.60. The minimum absolute atomic E-state index is 0.0311. The SMILES string of the molecule is Cc1ccccc1O[C@H](C)C(=O)N1CCN(c2ccccc2F)CC1. The number of anilines is 1. The van der Waals surface area contributed by atoms with Crippen LogP contribution >= 0.6 is 0 Å². The van der Waals surface area contributed by atoms with E-state index in [4.69, 9.17) is 4.74 Å². The van der Waals surface area contributed by atoms with Crippen LogP contribution in [0.3, 0.4) is 0 Å². The molecule has 25 heavy (non-hydrogen) atoms. The van der Waals surface area contributed by atoms with Crippen LogP contribution in [-0.2, 0) is 4.79 Å². The van der Waals surface area contributed by atoms with E-state index in [-0.39, 0.29) is 11.7 Å². The Morgan fingerprint density at radius 2 is 1.68 bits per heavy atom. The Balaban J connectivity index is 1.58. The Hall–Kier alpha value is -2.56. The van der Waals surface area contributed by atoms with Gasteiger partial charge < -0.3 is 14.5 Å². The van der Waals surface area contributed by atoms with Crippen molar-refractivity contribution < 1.29 is 13.9 Å². The fourth-order valence-electron chi connectivity index (χ4n) is 3.06. The predicted octanol–water partition coefficient (Wildman–Crippen LogP) is 3.25. The van der Waals surface area contributed by atoms with Crippen molar-refractivity contribution in [1.82, 2.24) is 4.90 Å². The first-order valence-electron chi connectivity index (χ1n) is 8.57. The minimum atomic E-state index is -0.541. The molecule has 3 rings (SSSR count). The molecule has 0 spiro atoms. The first-order valence-corrected chi connectivity index (χ1v) is 8.57. The summed E-state index contributed by atoms with van der Waals surface area (Å²) in [5.74, 6) is 0.475. The van der Waals surface area contributed by atoms with Crippen LogP contribution < -0.4 is 9.64 Å². The number of rotatable bonds is 4. The Morgan fingerprint density at radius 3 is 2.36 bits per heavy atom. The lowest BCUT2D eigenvalue weighted by atomic mass is 10.2. The maximum absolute atomic E-state index is 13.9. The number of amides is 1. The molecule has 1 amide bonds. The minimum Gasteiger partial charge on any atom is -0.481 e. The van der Waals surface area contributed by atoms with Crippen molar-refractivity contribution >= 4 is 11.6 Å². The van der Waals surface area contributed by atoms with Gasteiger partial charge in [-0.2, -0.15) is 0 Å². The highest BCUT2D eigenvalue weighted by Crippen LogP contribution is 2.21. The van der Waals surface area contributed by atoms with Gasteiger partial charge in [-0.3, -0.25) is 4.79 Å². The van der Waals surface area contributed by atoms with Crippen molar-refractivity contribution in [3.63, 3.8) is 0 Å². The quantitative estimate of drug-likeness (QED) is 0.855. The lowest BCUT2D eigenvalue weighted by molar-refractivity contribution is -0.138. The van der Waals surface area contributed by atoms with Crippen molar-refractivity contribution in [1.29, 1.82) is 0 Å². The lowest BCUT2D eigenvalue weighted by Gasteiger charge is -2.37. The number of piperazine rings is 1. The van der Waals surface area contributed by atoms with Gasteiger partial charge in [0.25, 0.3) is 5.91 Å². The average Bonchev–Trinajstić information content (AvgIpc) is 2.63. The van der Waals surface area contributed by atoms with E-state index in [0.717, 1.165) is 11.3 Å². The van der Waals surface area contributed by atoms with Crippen LogP contribution in [0.2, 0.25) is 0 Å². The molecule has 1 atom stereocenters. The fraction of sp³-hybridized carbons (Fsp3) is 0.350. The molecule has 2 aromatic rings. The van der Waals surface area contributed by atoms with Crippen LogP contribution in [0.25, 0.3) is 0 Å². The van der Waals surface area contributed by atoms with Crippen molar-refractivity contribution in [2.45, 2.75) is 20.0 Å². The van der Waals surface area contributed by atoms with E-state index in [1.165, 1.54) is 6.07 Å². The summed E-state index contributed by atoms with van der Waals surface area (Å²) < 4.78 is 19.7. The number of para-hydroxylation sites is 2. The van der Waals surface area contributed by atoms with Gasteiger partial charge in [-0.1, -0.05) is 30.3 Å². The topological polar surface area (TPSA) is 32.8 Å². The van der Waals surface area contributed by atoms with Crippen molar-refractivity contribution in [2.24, 2.45) is 0 Å². The van der Waals surface area contributed by atoms with Crippen LogP contribution in [0.5, 0.6) is 5.75 Å². The third kappa shape index (κ3) is 3.92. The molecule has 2 aromatic carbocycles. The molecule has 132 valence electrons. The smallest absolute Gasteiger partial charge is 0.263 e. The van der Waals surface area contributed by atoms with E-state index >= 15 is 0 Å². The number of benzene rings is 2. The fourth-order valence-corrected chi connectivity index (χ4v) is 3.06. The number of nitrogens with zero attached hydrogens (tertiary/aromatic N) is 2. The summed E-state index contributed by atoms with van der Waals surface area (Å²) >= 11 is 0. The van der Waals surface area contributed by atoms with Crippen LogP contribution in [0.1, 0.15) is 12.5 Å². The van der Waals surface area contributed by atoms with Crippen molar-refractivity contribution in [2.75, 3.05) is 31.1 Å². The molecule has 1 saturated heterocycles. The third-order valence-corrected chi connectivity index (χ3v) is 4.53. The summed E-state index contributed by atoms with van der Waals surface area (Å²) in [7, 11) is 0. The monoisotopic (exact) mass is 342 g/mol. The highest BCUT2D eigenvalue weighted by Gasteiger charge is 2.27. The van der Waals surface area contributed by atoms with E-state index in [0.29, 0.717) is 31.9 Å². The molecular weight excluding hydrogens is 319 g/mol. The molecule has 1 heterocycles. The van der Waals surface area contributed by atoms with Gasteiger partial charge in [0.2, 0.25) is 0 Å². The third-order valence-electron chi connectivity index (χ3n) is 4.53. The molecule has 4 nitrogen and oxygen atoms in total. The first-order chi connectivity index (χ1) is 12.1. The van der Waals surface area contributed by atoms with Crippen molar-refractivity contribution in [3.8, 4) is 5.75 Å². The Kier molecular flexibility index (Phi) is 5.22. The van der Waals surface area contributed by atoms with Crippen molar-refractivity contribution in [3.05, 3.63) is 59.9 Å². The zero-order chi connectivity index (χ0) is 17.8. The number of halogens is 1. The lowest BCUT2D eigenvalue weighted by Crippen LogP contribution is -2.52. The van der Waals surface area contributed by atoms with Gasteiger partial charge >= 0.3 is 0 Å². The van der Waals surface area contributed by atoms with E-state index in [2.05, 4.69) is 0 Å². The zero-order valence-electron chi connectivity index (χ0n) is 14.6. The second-order valence-electron chi connectivity index (χ2n) is 6.29. The van der Waals surface area contributed by atoms with E-state index in [9.17, 15) is 9.18 Å². The molecule has 0 saturated carbocycles. The number of carbonyl (C=O) groups is 1. The molecule has 0 aromatic heterocycles. The molecular formula is C20H23FN2O2. The highest BCUT2D eigenvalue weighted by molar-refractivity contribution is 5.81. The molecule has 0 N–H and O–H groups in total. The number of ether oxygens (including phenoxy) is 1. The summed E-state index contributed by atoms with van der Waals surface area (Å²) in [5, 5.41) is 0. The summed E-state index contributed by atoms with van der Waals surface area (Å²) in [6, 6.07) is 14.4. The van der Waals surface area contributed by atoms with E-state index < -0.39 is 6.10 Å². The molecule has 1 fully saturated rings. The normalized spacial score (nSPS) is 15.8. The number of carbonyl (C=O) groups excluding carboxylic acids is 1. The summed E-state index contributed by atoms with van der Waals surface area (Å²) in [6.45, 7) is 6.09. The standard InChI is InChI=1S/C20H23FN2O2/c1-15-7-3-6-10-19(15)25-16(2)20(24)23-13-11-22(12-14-23)18-9-5-4-8-17(18)21/h3-10,16H,11-14H2,1-2H3/t16-/m1/s1. The maximum atomic E-state index is 13.9. The molecule has 5 heteroatoms. The first kappa shape index (κ1) is 17.3. The van der Waals surface area contributed by atoms with Gasteiger partial charge in [0.15, 0.2) is 6.10 Å². The molecule has 0 unspecified atom stereocenters. The van der Waals surface area contributed by atoms with Gasteiger partial charge in [0, 0.05) is 26.2 Å². The zero-order valence-corrected chi connectivity index (χ0v) is 14.6. The van der Waals surface area contributed by atoms with Gasteiger partial charge in [-0.05, 0) is 37.6 Å². The molecule has 0 bridgehead atoms. The molecule has 0 radical (unpaired) electrons. The van der Waals surface area contributed by atoms with E-state index in [1.807, 2.05) is 42.2 Å². The number of aryl methyl sites for hydroxylation is 1. The molecule has 1 aliphatic heterocycles. The van der Waals surface area contributed by atoms with Gasteiger partial charge in [-0.15, -0.1) is 0 Å². The van der Waals surface area contributed by atoms with Crippen LogP contribution in [0, 0.1) is 12.7 Å². The second-order valence-corrected chi connectivity index (χ2v) is 6.29. The number of hydrogen-bond acceptors (Lipinski definition) is 3. The Morgan fingerprint density at radius 1 is 1.04 bits per heavy atom. The Labute approximate surface area is 147 Å². The predicted molar refractivity (Wildman–Crippen MR) is 96.5 cm³/mol. The van der Waals surface area contributed by atoms with Gasteiger partial charge in [0.05, 0.1) is 5.69 Å². The van der Waals surface area contributed by atoms with Crippen LogP contribution in [-0.4, -0.2) is 43.1 Å². The molecule has 1 aliphatic rings. The highest BCUT2D eigenvalue weighted by atomic mass is 19.1. The summed E-state index contributed by atoms with van der Waals surface area (Å²) in [6.07, 6.45) is -0.541. The average molecular weight is 342 g/mol. The Bertz CT molecular complexity index is 742. The second kappa shape index (κ2) is 7.55. The van der Waals surface area contributed by atoms with Crippen LogP contribution in [0.4, 0.5) is 10.1 Å². The maximum Gasteiger partial charge on any atom is 0.263 e. The largest absolute Gasteiger partial charge is 0.481 e. The summed E-state index contributed by atoms with van der Waals surface area (Å²) in [4.78, 5) is 16.4. The molecule has 0 aliphatic carbocycles. The van der Waals surface area contributed by atoms with Gasteiger partial charge in [0.1, 0.15) is 11.6 Å². The van der Waals surface area contributed by atoms with Crippen LogP contribution in [0.15, 0.2) is 48.5 Å².